The lowest BCUT2D eigenvalue weighted by Crippen LogP contribution is -2.54. The van der Waals surface area contributed by atoms with Gasteiger partial charge in [0.1, 0.15) is 11.3 Å². The van der Waals surface area contributed by atoms with Crippen LogP contribution in [0.2, 0.25) is 0 Å². The van der Waals surface area contributed by atoms with Crippen LogP contribution >= 0.6 is 0 Å². The molecule has 1 saturated carbocycles. The van der Waals surface area contributed by atoms with Crippen LogP contribution in [0.4, 0.5) is 10.6 Å². The van der Waals surface area contributed by atoms with Crippen molar-refractivity contribution in [1.29, 1.82) is 0 Å². The molecule has 2 fully saturated rings. The summed E-state index contributed by atoms with van der Waals surface area (Å²) in [6, 6.07) is 1.20. The van der Waals surface area contributed by atoms with E-state index in [-0.39, 0.29) is 30.7 Å². The average Bonchev–Trinajstić information content (AvgIpc) is 3.03. The highest BCUT2D eigenvalue weighted by Crippen LogP contribution is 2.38. The van der Waals surface area contributed by atoms with Crippen LogP contribution in [0.15, 0.2) is 10.6 Å². The second-order valence-electron chi connectivity index (χ2n) is 6.63. The van der Waals surface area contributed by atoms with Gasteiger partial charge in [0.05, 0.1) is 0 Å². The lowest BCUT2D eigenvalue weighted by molar-refractivity contribution is -0.134. The molecule has 130 valence electrons. The number of urea groups is 1. The average molecular weight is 334 g/mol. The Morgan fingerprint density at radius 1 is 1.50 bits per heavy atom. The number of carbonyl (C=O) groups is 3. The fraction of sp³-hybridized carbons (Fsp3) is 0.625. The molecule has 2 atom stereocenters. The van der Waals surface area contributed by atoms with Crippen LogP contribution in [0.5, 0.6) is 0 Å². The van der Waals surface area contributed by atoms with E-state index in [2.05, 4.69) is 15.8 Å². The normalized spacial score (nSPS) is 26.8. The van der Waals surface area contributed by atoms with E-state index in [1.165, 1.54) is 0 Å². The van der Waals surface area contributed by atoms with Gasteiger partial charge in [0.15, 0.2) is 5.82 Å². The lowest BCUT2D eigenvalue weighted by atomic mass is 9.73. The first-order valence-electron chi connectivity index (χ1n) is 8.29. The van der Waals surface area contributed by atoms with Gasteiger partial charge in [-0.05, 0) is 25.7 Å². The van der Waals surface area contributed by atoms with Gasteiger partial charge in [0.2, 0.25) is 5.91 Å². The minimum atomic E-state index is -0.783. The highest BCUT2D eigenvalue weighted by molar-refractivity contribution is 6.07. The van der Waals surface area contributed by atoms with Gasteiger partial charge in [-0.15, -0.1) is 0 Å². The molecule has 1 aliphatic heterocycles. The van der Waals surface area contributed by atoms with E-state index in [4.69, 9.17) is 4.52 Å². The number of imide groups is 1. The smallest absolute Gasteiger partial charge is 0.325 e. The Morgan fingerprint density at radius 2 is 2.29 bits per heavy atom. The highest BCUT2D eigenvalue weighted by Gasteiger charge is 2.54. The summed E-state index contributed by atoms with van der Waals surface area (Å²) in [5.41, 5.74) is -0.783. The van der Waals surface area contributed by atoms with E-state index >= 15 is 0 Å². The van der Waals surface area contributed by atoms with E-state index in [1.54, 1.807) is 13.0 Å². The number of rotatable bonds is 4. The van der Waals surface area contributed by atoms with Gasteiger partial charge in [-0.2, -0.15) is 0 Å². The van der Waals surface area contributed by atoms with Crippen LogP contribution < -0.4 is 10.6 Å². The number of carbonyl (C=O) groups excluding carboxylic acids is 3. The SMILES string of the molecule is Cc1cc(NC(=O)CCN2C(=O)N[C@]3(CCCC[C@H]3C)C2=O)no1. The van der Waals surface area contributed by atoms with Crippen LogP contribution in [0.3, 0.4) is 0 Å². The van der Waals surface area contributed by atoms with Gasteiger partial charge in [-0.1, -0.05) is 24.9 Å². The molecular weight excluding hydrogens is 312 g/mol. The zero-order chi connectivity index (χ0) is 17.3. The molecule has 8 heteroatoms. The molecule has 8 nitrogen and oxygen atoms in total. The Labute approximate surface area is 139 Å². The molecule has 1 saturated heterocycles. The lowest BCUT2D eigenvalue weighted by Gasteiger charge is -2.36. The Bertz CT molecular complexity index is 671. The van der Waals surface area contributed by atoms with E-state index in [0.717, 1.165) is 24.2 Å². The maximum absolute atomic E-state index is 12.8. The maximum atomic E-state index is 12.8. The standard InChI is InChI=1S/C16H22N4O4/c1-10-5-3-4-7-16(10)14(22)20(15(23)18-16)8-6-13(21)17-12-9-11(2)24-19-12/h9-10H,3-8H2,1-2H3,(H,18,23)(H,17,19,21)/t10-,16+/m1/s1. The van der Waals surface area contributed by atoms with E-state index in [0.29, 0.717) is 18.0 Å². The Morgan fingerprint density at radius 3 is 2.96 bits per heavy atom. The van der Waals surface area contributed by atoms with Crippen molar-refractivity contribution in [3.8, 4) is 0 Å². The van der Waals surface area contributed by atoms with Crippen LogP contribution in [0, 0.1) is 12.8 Å². The fourth-order valence-electron chi connectivity index (χ4n) is 3.54. The molecule has 0 bridgehead atoms. The number of aryl methyl sites for hydroxylation is 1. The van der Waals surface area contributed by atoms with Crippen molar-refractivity contribution in [2.45, 2.75) is 51.5 Å². The summed E-state index contributed by atoms with van der Waals surface area (Å²) in [7, 11) is 0. The third-order valence-electron chi connectivity index (χ3n) is 4.96. The zero-order valence-corrected chi connectivity index (χ0v) is 13.9. The molecule has 3 rings (SSSR count). The number of anilines is 1. The second kappa shape index (κ2) is 6.26. The van der Waals surface area contributed by atoms with Gasteiger partial charge in [0.25, 0.3) is 5.91 Å². The van der Waals surface area contributed by atoms with Crippen molar-refractivity contribution in [2.75, 3.05) is 11.9 Å². The summed E-state index contributed by atoms with van der Waals surface area (Å²) in [4.78, 5) is 38.1. The number of nitrogens with one attached hydrogen (secondary N) is 2. The van der Waals surface area contributed by atoms with Crippen LogP contribution in [0.25, 0.3) is 0 Å². The van der Waals surface area contributed by atoms with Crippen LogP contribution in [-0.2, 0) is 9.59 Å². The molecule has 1 aromatic heterocycles. The second-order valence-corrected chi connectivity index (χ2v) is 6.63. The molecule has 1 aromatic rings. The van der Waals surface area contributed by atoms with Gasteiger partial charge < -0.3 is 15.2 Å². The summed E-state index contributed by atoms with van der Waals surface area (Å²) < 4.78 is 4.87. The predicted octanol–water partition coefficient (Wildman–Crippen LogP) is 1.81. The molecule has 1 aliphatic carbocycles. The monoisotopic (exact) mass is 334 g/mol. The van der Waals surface area contributed by atoms with E-state index in [1.807, 2.05) is 6.92 Å². The fourth-order valence-corrected chi connectivity index (χ4v) is 3.54. The number of amides is 4. The number of hydrogen-bond donors (Lipinski definition) is 2. The maximum Gasteiger partial charge on any atom is 0.325 e. The van der Waals surface area contributed by atoms with Crippen molar-refractivity contribution in [3.63, 3.8) is 0 Å². The molecule has 2 aliphatic rings. The first-order chi connectivity index (χ1) is 11.4. The van der Waals surface area contributed by atoms with E-state index < -0.39 is 11.6 Å². The summed E-state index contributed by atoms with van der Waals surface area (Å²) in [5, 5.41) is 9.13. The van der Waals surface area contributed by atoms with E-state index in [9.17, 15) is 14.4 Å². The van der Waals surface area contributed by atoms with Crippen molar-refractivity contribution in [2.24, 2.45) is 5.92 Å². The van der Waals surface area contributed by atoms with Gasteiger partial charge in [-0.3, -0.25) is 14.5 Å². The Kier molecular flexibility index (Phi) is 4.29. The summed E-state index contributed by atoms with van der Waals surface area (Å²) in [5.74, 6) is 0.505. The van der Waals surface area contributed by atoms with Crippen LogP contribution in [0.1, 0.15) is 44.8 Å². The molecule has 24 heavy (non-hydrogen) atoms. The Hall–Kier alpha value is -2.38. The first kappa shape index (κ1) is 16.5. The summed E-state index contributed by atoms with van der Waals surface area (Å²) in [6.45, 7) is 3.78. The first-order valence-corrected chi connectivity index (χ1v) is 8.29. The highest BCUT2D eigenvalue weighted by atomic mass is 16.5. The Balaban J connectivity index is 1.60. The number of nitrogens with zero attached hydrogens (tertiary/aromatic N) is 2. The van der Waals surface area contributed by atoms with Gasteiger partial charge >= 0.3 is 6.03 Å². The molecule has 0 radical (unpaired) electrons. The quantitative estimate of drug-likeness (QED) is 0.817. The topological polar surface area (TPSA) is 105 Å². The largest absolute Gasteiger partial charge is 0.360 e. The molecular formula is C16H22N4O4. The van der Waals surface area contributed by atoms with Crippen LogP contribution in [-0.4, -0.2) is 40.0 Å². The minimum Gasteiger partial charge on any atom is -0.360 e. The predicted molar refractivity (Wildman–Crippen MR) is 85.1 cm³/mol. The number of aromatic nitrogens is 1. The van der Waals surface area contributed by atoms with Crippen molar-refractivity contribution in [3.05, 3.63) is 11.8 Å². The third-order valence-corrected chi connectivity index (χ3v) is 4.96. The molecule has 0 unspecified atom stereocenters. The third kappa shape index (κ3) is 2.88. The molecule has 2 heterocycles. The zero-order valence-electron chi connectivity index (χ0n) is 13.9. The molecule has 1 spiro atoms. The minimum absolute atomic E-state index is 0.0233. The molecule has 4 amide bonds. The summed E-state index contributed by atoms with van der Waals surface area (Å²) in [6.07, 6.45) is 3.61. The van der Waals surface area contributed by atoms with Gasteiger partial charge in [0, 0.05) is 19.0 Å². The van der Waals surface area contributed by atoms with Crippen molar-refractivity contribution < 1.29 is 18.9 Å². The molecule has 2 N–H and O–H groups in total. The summed E-state index contributed by atoms with van der Waals surface area (Å²) >= 11 is 0. The molecule has 0 aromatic carbocycles. The van der Waals surface area contributed by atoms with Gasteiger partial charge in [-0.25, -0.2) is 4.79 Å². The van der Waals surface area contributed by atoms with Crippen molar-refractivity contribution >= 4 is 23.7 Å². The van der Waals surface area contributed by atoms with Crippen molar-refractivity contribution in [1.82, 2.24) is 15.4 Å². The number of hydrogen-bond acceptors (Lipinski definition) is 5.